The van der Waals surface area contributed by atoms with Gasteiger partial charge in [0.25, 0.3) is 0 Å². The maximum absolute atomic E-state index is 5.55. The van der Waals surface area contributed by atoms with Crippen molar-refractivity contribution in [1.82, 2.24) is 10.2 Å². The summed E-state index contributed by atoms with van der Waals surface area (Å²) in [6.45, 7) is 7.90. The number of halogens is 1. The number of methoxy groups -OCH3 is 3. The van der Waals surface area contributed by atoms with Crippen molar-refractivity contribution in [3.63, 3.8) is 0 Å². The molecule has 148 valence electrons. The van der Waals surface area contributed by atoms with Crippen molar-refractivity contribution in [2.45, 2.75) is 33.2 Å². The lowest BCUT2D eigenvalue weighted by Crippen LogP contribution is -2.45. The van der Waals surface area contributed by atoms with E-state index in [-0.39, 0.29) is 24.0 Å². The molecule has 1 aliphatic heterocycles. The van der Waals surface area contributed by atoms with Crippen LogP contribution in [0.15, 0.2) is 17.1 Å². The minimum atomic E-state index is 0. The predicted octanol–water partition coefficient (Wildman–Crippen LogP) is 3.53. The third-order valence-corrected chi connectivity index (χ3v) is 4.60. The number of ether oxygens (including phenoxy) is 3. The van der Waals surface area contributed by atoms with E-state index in [4.69, 9.17) is 19.2 Å². The van der Waals surface area contributed by atoms with Gasteiger partial charge in [0.2, 0.25) is 5.75 Å². The Balaban J connectivity index is 0.00000338. The highest BCUT2D eigenvalue weighted by Crippen LogP contribution is 2.40. The third kappa shape index (κ3) is 5.56. The second kappa shape index (κ2) is 11.4. The van der Waals surface area contributed by atoms with E-state index in [2.05, 4.69) is 24.1 Å². The summed E-state index contributed by atoms with van der Waals surface area (Å²) in [5.74, 6) is 3.70. The van der Waals surface area contributed by atoms with Crippen molar-refractivity contribution in [3.8, 4) is 17.2 Å². The van der Waals surface area contributed by atoms with E-state index in [0.717, 1.165) is 37.1 Å². The molecule has 1 aromatic rings. The highest BCUT2D eigenvalue weighted by molar-refractivity contribution is 14.0. The van der Waals surface area contributed by atoms with Crippen LogP contribution in [0.5, 0.6) is 17.2 Å². The van der Waals surface area contributed by atoms with Crippen LogP contribution in [0.2, 0.25) is 0 Å². The molecule has 0 aliphatic carbocycles. The van der Waals surface area contributed by atoms with Crippen LogP contribution in [0.4, 0.5) is 0 Å². The smallest absolute Gasteiger partial charge is 0.203 e. The molecule has 1 saturated heterocycles. The first-order chi connectivity index (χ1) is 12.1. The number of nitrogens with zero attached hydrogens (tertiary/aromatic N) is 2. The van der Waals surface area contributed by atoms with Gasteiger partial charge in [-0.1, -0.05) is 6.92 Å². The highest BCUT2D eigenvalue weighted by Gasteiger charge is 2.19. The van der Waals surface area contributed by atoms with Crippen molar-refractivity contribution in [2.75, 3.05) is 41.0 Å². The second-order valence-corrected chi connectivity index (χ2v) is 6.33. The van der Waals surface area contributed by atoms with Crippen LogP contribution in [0.1, 0.15) is 32.3 Å². The molecule has 7 heteroatoms. The summed E-state index contributed by atoms with van der Waals surface area (Å²) in [6, 6.07) is 3.87. The Labute approximate surface area is 174 Å². The fourth-order valence-corrected chi connectivity index (χ4v) is 3.09. The molecule has 0 bridgehead atoms. The van der Waals surface area contributed by atoms with E-state index < -0.39 is 0 Å². The molecule has 0 radical (unpaired) electrons. The van der Waals surface area contributed by atoms with Gasteiger partial charge in [-0.3, -0.25) is 0 Å². The Bertz CT molecular complexity index is 588. The number of likely N-dealkylation sites (tertiary alicyclic amines) is 1. The highest BCUT2D eigenvalue weighted by atomic mass is 127. The topological polar surface area (TPSA) is 55.3 Å². The zero-order valence-electron chi connectivity index (χ0n) is 16.5. The van der Waals surface area contributed by atoms with E-state index in [0.29, 0.717) is 23.8 Å². The normalized spacial score (nSPS) is 15.3. The third-order valence-electron chi connectivity index (χ3n) is 4.60. The Morgan fingerprint density at radius 1 is 1.12 bits per heavy atom. The van der Waals surface area contributed by atoms with E-state index in [1.807, 2.05) is 12.1 Å². The largest absolute Gasteiger partial charge is 0.493 e. The molecule has 1 aliphatic rings. The number of aliphatic imine (C=N–C) groups is 1. The lowest BCUT2D eigenvalue weighted by Gasteiger charge is -2.33. The fourth-order valence-electron chi connectivity index (χ4n) is 3.09. The number of piperidine rings is 1. The molecule has 1 N–H and O–H groups in total. The minimum absolute atomic E-state index is 0. The molecule has 6 nitrogen and oxygen atoms in total. The van der Waals surface area contributed by atoms with Crippen LogP contribution in [-0.2, 0) is 6.54 Å². The minimum Gasteiger partial charge on any atom is -0.493 e. The lowest BCUT2D eigenvalue weighted by atomic mass is 10.00. The molecular formula is C19H32IN3O3. The fraction of sp³-hybridized carbons (Fsp3) is 0.632. The first-order valence-corrected chi connectivity index (χ1v) is 8.95. The molecule has 0 unspecified atom stereocenters. The summed E-state index contributed by atoms with van der Waals surface area (Å²) in [5.41, 5.74) is 0.973. The van der Waals surface area contributed by atoms with Gasteiger partial charge >= 0.3 is 0 Å². The average Bonchev–Trinajstić information content (AvgIpc) is 2.64. The summed E-state index contributed by atoms with van der Waals surface area (Å²) in [7, 11) is 4.88. The van der Waals surface area contributed by atoms with Gasteiger partial charge in [-0.15, -0.1) is 24.0 Å². The summed E-state index contributed by atoms with van der Waals surface area (Å²) in [4.78, 5) is 7.17. The zero-order chi connectivity index (χ0) is 18.2. The zero-order valence-corrected chi connectivity index (χ0v) is 18.8. The van der Waals surface area contributed by atoms with E-state index in [1.165, 1.54) is 12.8 Å². The van der Waals surface area contributed by atoms with E-state index in [9.17, 15) is 0 Å². The van der Waals surface area contributed by atoms with Gasteiger partial charge in [0, 0.05) is 25.2 Å². The van der Waals surface area contributed by atoms with Gasteiger partial charge in [0.1, 0.15) is 0 Å². The molecule has 0 saturated carbocycles. The SMILES string of the molecule is CCNC(=NCc1ccc(OC)c(OC)c1OC)N1CCC(C)CC1.I. The maximum atomic E-state index is 5.55. The van der Waals surface area contributed by atoms with Gasteiger partial charge in [-0.25, -0.2) is 4.99 Å². The van der Waals surface area contributed by atoms with Gasteiger partial charge in [0.05, 0.1) is 27.9 Å². The Morgan fingerprint density at radius 3 is 2.31 bits per heavy atom. The van der Waals surface area contributed by atoms with Gasteiger partial charge in [-0.2, -0.15) is 0 Å². The van der Waals surface area contributed by atoms with Gasteiger partial charge < -0.3 is 24.4 Å². The van der Waals surface area contributed by atoms with Gasteiger partial charge in [-0.05, 0) is 37.8 Å². The molecule has 0 aromatic heterocycles. The summed E-state index contributed by atoms with van der Waals surface area (Å²) < 4.78 is 16.4. The standard InChI is InChI=1S/C19H31N3O3.HI/c1-6-20-19(22-11-9-14(2)10-12-22)21-13-15-7-8-16(23-3)18(25-5)17(15)24-4;/h7-8,14H,6,9-13H2,1-5H3,(H,20,21);1H. The Hall–Kier alpha value is -1.38. The molecule has 1 heterocycles. The molecule has 0 atom stereocenters. The van der Waals surface area contributed by atoms with Crippen molar-refractivity contribution >= 4 is 29.9 Å². The number of nitrogens with one attached hydrogen (secondary N) is 1. The number of rotatable bonds is 6. The number of benzene rings is 1. The first-order valence-electron chi connectivity index (χ1n) is 8.95. The van der Waals surface area contributed by atoms with Crippen LogP contribution in [-0.4, -0.2) is 51.8 Å². The average molecular weight is 477 g/mol. The Morgan fingerprint density at radius 2 is 1.77 bits per heavy atom. The number of guanidine groups is 1. The number of hydrogen-bond acceptors (Lipinski definition) is 4. The molecule has 1 fully saturated rings. The molecule has 26 heavy (non-hydrogen) atoms. The van der Waals surface area contributed by atoms with Crippen LogP contribution in [0.3, 0.4) is 0 Å². The summed E-state index contributed by atoms with van der Waals surface area (Å²) >= 11 is 0. The number of hydrogen-bond donors (Lipinski definition) is 1. The van der Waals surface area contributed by atoms with Crippen LogP contribution < -0.4 is 19.5 Å². The van der Waals surface area contributed by atoms with Crippen molar-refractivity contribution in [1.29, 1.82) is 0 Å². The molecule has 2 rings (SSSR count). The van der Waals surface area contributed by atoms with Crippen LogP contribution in [0, 0.1) is 5.92 Å². The summed E-state index contributed by atoms with van der Waals surface area (Å²) in [5, 5.41) is 3.41. The molecule has 0 amide bonds. The second-order valence-electron chi connectivity index (χ2n) is 6.33. The van der Waals surface area contributed by atoms with E-state index in [1.54, 1.807) is 21.3 Å². The monoisotopic (exact) mass is 477 g/mol. The maximum Gasteiger partial charge on any atom is 0.203 e. The molecule has 1 aromatic carbocycles. The lowest BCUT2D eigenvalue weighted by molar-refractivity contribution is 0.273. The quantitative estimate of drug-likeness (QED) is 0.386. The van der Waals surface area contributed by atoms with E-state index >= 15 is 0 Å². The predicted molar refractivity (Wildman–Crippen MR) is 116 cm³/mol. The van der Waals surface area contributed by atoms with Crippen molar-refractivity contribution < 1.29 is 14.2 Å². The van der Waals surface area contributed by atoms with Crippen LogP contribution in [0.25, 0.3) is 0 Å². The van der Waals surface area contributed by atoms with Crippen LogP contribution >= 0.6 is 24.0 Å². The first kappa shape index (κ1) is 22.7. The summed E-state index contributed by atoms with van der Waals surface area (Å²) in [6.07, 6.45) is 2.42. The van der Waals surface area contributed by atoms with Crippen molar-refractivity contribution in [3.05, 3.63) is 17.7 Å². The molecule has 0 spiro atoms. The molecular weight excluding hydrogens is 445 g/mol. The van der Waals surface area contributed by atoms with Crippen molar-refractivity contribution in [2.24, 2.45) is 10.9 Å². The Kier molecular flexibility index (Phi) is 9.90. The van der Waals surface area contributed by atoms with Gasteiger partial charge in [0.15, 0.2) is 17.5 Å².